The zero-order chi connectivity index (χ0) is 86.4. The normalized spacial score (nSPS) is 14.1. The van der Waals surface area contributed by atoms with E-state index in [0.717, 1.165) is 5.39 Å². The van der Waals surface area contributed by atoms with Crippen LogP contribution in [0.4, 0.5) is 22.7 Å². The monoisotopic (exact) mass is 1780 g/mol. The number of pyridine rings is 1. The molecule has 0 aliphatic heterocycles. The predicted molar refractivity (Wildman–Crippen MR) is 557 cm³/mol. The number of fused-ring (bicyclic) bond motifs is 8. The first-order chi connectivity index (χ1) is 62.2. The van der Waals surface area contributed by atoms with Crippen LogP contribution in [0.3, 0.4) is 0 Å². The van der Waals surface area contributed by atoms with Crippen LogP contribution < -0.4 is 61.4 Å². The topological polar surface area (TPSA) is 42.4 Å². The van der Waals surface area contributed by atoms with E-state index in [9.17, 15) is 5.11 Å². The Kier molecular flexibility index (Phi) is 26.1. The smallest absolute Gasteiger partial charge is 0.871 e. The Morgan fingerprint density at radius 3 is 1.17 bits per heavy atom. The molecule has 19 aromatic rings. The SMILES string of the molecule is [2H][B].[B].[CH3-].[CH3][Ge]([CH3])([CH3])[c]1ccc(N(C2=CC=C3C=CC4=C(N(c5ccccc5)c5cc[c]([Ge]([CH3])([CH3])[CH3])cc5)C=CC5=CC=C2C3C54)c2ccccc2)cc1.[Li+].[Li+].[O-]c1cccc2cccnc12.c1ccc(-c2c3ccccc3c(-c3ccc4cc(-c5ccc6c(-c7ccc8ccccc8c7)c7ccccc7c(-c7ccc8ccccc8c7)c6c5)ccc4c3)c3ccccc23)cc1. The summed E-state index contributed by atoms with van der Waals surface area (Å²) in [6.07, 6.45) is 20.6. The van der Waals surface area contributed by atoms with Crippen molar-refractivity contribution in [2.24, 2.45) is 11.8 Å². The molecule has 23 rings (SSSR count). The standard InChI is InChI=1S/C64H40.C46H46Ge2N2.C9H7NO.CH3.BH.B.2Li/c1-2-16-43(17-3-1)61-53-20-8-10-22-55(53)62(56-23-11-9-21-54(56)61)51-33-30-46-36-47(28-29-48(46)39-51)49-34-35-59-60(40-49)64(52-32-27-42-15-5-7-19-45(42)38-52)58-25-13-12-24-57(58)63(59)50-31-26-41-14-4-6-18-44(41)37-50;1-47(2,3)35-21-25-39(26-22-35)49(37-13-9-7-10-14-37)43-31-19-33-18-30-42-44(32-20-34-17-29-41(43)45(33)46(34)42)50(38-15-11-8-12-16-38)40-27-23-36(24-28-40)48(4,5)6;11-8-5-1-3-7-4-2-6-10-9(7)8;;;;;/h1-40H;7-32,45-46H,1-6H3;1-6,11H;1H3;1H;;;/q;;;-1;;;2*+1/p-1/i;;;;1D;;;. The molecule has 4 nitrogen and oxygen atoms in total. The molecule has 0 saturated heterocycles. The van der Waals surface area contributed by atoms with Crippen molar-refractivity contribution >= 4 is 161 Å². The first kappa shape index (κ1) is 89.2. The Bertz CT molecular complexity index is 7710. The summed E-state index contributed by atoms with van der Waals surface area (Å²) < 4.78 is 8.30. The van der Waals surface area contributed by atoms with E-state index >= 15 is 0 Å². The molecule has 0 spiro atoms. The second-order valence-electron chi connectivity index (χ2n) is 35.4. The predicted octanol–water partition coefficient (Wildman–Crippen LogP) is 23.9. The Balaban J connectivity index is 0.000000167. The number of benzene rings is 18. The third-order valence-electron chi connectivity index (χ3n) is 25.7. The van der Waals surface area contributed by atoms with Crippen molar-refractivity contribution in [2.45, 2.75) is 34.5 Å². The maximum atomic E-state index is 11.1. The molecule has 4 aliphatic carbocycles. The molecule has 0 amide bonds. The first-order valence-corrected chi connectivity index (χ1v) is 58.2. The third kappa shape index (κ3) is 17.1. The zero-order valence-corrected chi connectivity index (χ0v) is 79.3. The fourth-order valence-electron chi connectivity index (χ4n) is 19.6. The molecule has 0 N–H and O–H groups in total. The minimum absolute atomic E-state index is 0. The summed E-state index contributed by atoms with van der Waals surface area (Å²) in [6.45, 7) is 0. The molecule has 613 valence electrons. The number of hydrogen-bond donors (Lipinski definition) is 0. The maximum absolute atomic E-state index is 11.1. The van der Waals surface area contributed by atoms with E-state index in [4.69, 9.17) is 1.34 Å². The number of anilines is 4. The molecule has 1 heterocycles. The zero-order valence-electron chi connectivity index (χ0n) is 76.1. The molecule has 0 bridgehead atoms. The fraction of sp³-hybridized carbons (Fsp3) is 0.0667. The van der Waals surface area contributed by atoms with Gasteiger partial charge in [-0.05, 0) is 174 Å². The number of allylic oxidation sites excluding steroid dienone is 12. The molecule has 4 aliphatic rings. The second-order valence-corrected chi connectivity index (χ2v) is 56.7. The molecular weight excluding hydrogens is 1680 g/mol. The minimum atomic E-state index is -1.96. The van der Waals surface area contributed by atoms with Crippen molar-refractivity contribution in [1.82, 2.24) is 4.98 Å². The van der Waals surface area contributed by atoms with E-state index in [2.05, 4.69) is 458 Å². The van der Waals surface area contributed by atoms with Gasteiger partial charge in [0, 0.05) is 23.0 Å². The molecule has 0 fully saturated rings. The van der Waals surface area contributed by atoms with Gasteiger partial charge in [-0.2, -0.15) is 0 Å². The molecule has 18 aromatic carbocycles. The molecule has 5 radical (unpaired) electrons. The summed E-state index contributed by atoms with van der Waals surface area (Å²) in [5, 5.41) is 29.6. The number of hydrogen-bond acceptors (Lipinski definition) is 4. The maximum Gasteiger partial charge on any atom is 1.00 e. The van der Waals surface area contributed by atoms with Crippen molar-refractivity contribution in [3.63, 3.8) is 0 Å². The van der Waals surface area contributed by atoms with Gasteiger partial charge in [0.2, 0.25) is 0 Å². The van der Waals surface area contributed by atoms with Gasteiger partial charge < -0.3 is 12.5 Å². The van der Waals surface area contributed by atoms with Gasteiger partial charge in [-0.3, -0.25) is 4.98 Å². The van der Waals surface area contributed by atoms with Gasteiger partial charge in [0.15, 0.2) is 0 Å². The molecule has 1 aromatic heterocycles. The molecule has 2 atom stereocenters. The van der Waals surface area contributed by atoms with Gasteiger partial charge in [-0.25, -0.2) is 0 Å². The number of rotatable bonds is 13. The molecule has 0 saturated carbocycles. The van der Waals surface area contributed by atoms with Crippen LogP contribution in [0.25, 0.3) is 142 Å². The van der Waals surface area contributed by atoms with Gasteiger partial charge in [-0.15, -0.1) is 0 Å². The van der Waals surface area contributed by atoms with Crippen LogP contribution in [-0.2, 0) is 0 Å². The third-order valence-corrected chi connectivity index (χ3v) is 34.4. The van der Waals surface area contributed by atoms with Crippen LogP contribution in [-0.4, -0.2) is 49.6 Å². The van der Waals surface area contributed by atoms with Crippen LogP contribution in [0.5, 0.6) is 5.75 Å². The Hall–Kier alpha value is -12.8. The van der Waals surface area contributed by atoms with Crippen LogP contribution in [0.2, 0.25) is 34.5 Å². The summed E-state index contributed by atoms with van der Waals surface area (Å²) in [4.78, 5) is 8.91. The summed E-state index contributed by atoms with van der Waals surface area (Å²) in [6, 6.07) is 139. The van der Waals surface area contributed by atoms with Gasteiger partial charge in [0.25, 0.3) is 0 Å². The van der Waals surface area contributed by atoms with Gasteiger partial charge in [-0.1, -0.05) is 242 Å². The van der Waals surface area contributed by atoms with E-state index in [1.54, 1.807) is 12.3 Å². The van der Waals surface area contributed by atoms with Crippen molar-refractivity contribution in [2.75, 3.05) is 9.80 Å². The summed E-state index contributed by atoms with van der Waals surface area (Å²) in [5.41, 5.74) is 25.8. The van der Waals surface area contributed by atoms with Gasteiger partial charge in [0.05, 0.1) is 5.52 Å². The second kappa shape index (κ2) is 38.1. The van der Waals surface area contributed by atoms with Crippen molar-refractivity contribution in [3.8, 4) is 61.4 Å². The van der Waals surface area contributed by atoms with Crippen LogP contribution in [0.1, 0.15) is 0 Å². The Morgan fingerprint density at radius 1 is 0.300 bits per heavy atom. The summed E-state index contributed by atoms with van der Waals surface area (Å²) >= 11 is -3.92. The number of para-hydroxylation sites is 3. The van der Waals surface area contributed by atoms with Gasteiger partial charge >= 0.3 is 343 Å². The van der Waals surface area contributed by atoms with E-state index in [0.29, 0.717) is 5.52 Å². The first-order valence-electron chi connectivity index (χ1n) is 44.1. The van der Waals surface area contributed by atoms with Crippen LogP contribution >= 0.6 is 0 Å². The van der Waals surface area contributed by atoms with E-state index in [1.807, 2.05) is 18.2 Å². The van der Waals surface area contributed by atoms with Gasteiger partial charge in [0.1, 0.15) is 0 Å². The molecule has 2 unspecified atom stereocenters. The quantitative estimate of drug-likeness (QED) is 0.0655. The molecule has 130 heavy (non-hydrogen) atoms. The van der Waals surface area contributed by atoms with E-state index < -0.39 is 26.5 Å². The van der Waals surface area contributed by atoms with E-state index in [1.165, 1.54) is 202 Å². The van der Waals surface area contributed by atoms with Crippen molar-refractivity contribution in [3.05, 3.63) is 478 Å². The average Bonchev–Trinajstić information content (AvgIpc) is 0.737. The molecule has 10 heteroatoms. The average molecular weight is 1780 g/mol. The van der Waals surface area contributed by atoms with Crippen LogP contribution in [0, 0.1) is 19.3 Å². The van der Waals surface area contributed by atoms with Crippen molar-refractivity contribution < 1.29 is 42.8 Å². The molecular formula is C120H96B2Ge2Li2N3O. The fourth-order valence-corrected chi connectivity index (χ4v) is 24.5. The van der Waals surface area contributed by atoms with Crippen molar-refractivity contribution in [1.29, 1.82) is 1.34 Å². The number of aromatic nitrogens is 1. The van der Waals surface area contributed by atoms with E-state index in [-0.39, 0.29) is 71.1 Å². The summed E-state index contributed by atoms with van der Waals surface area (Å²) in [7, 11) is 3.75. The minimum Gasteiger partial charge on any atom is -0.871 e. The van der Waals surface area contributed by atoms with Crippen LogP contribution in [0.15, 0.2) is 471 Å². The largest absolute Gasteiger partial charge is 1.00 e. The Labute approximate surface area is 798 Å². The Morgan fingerprint density at radius 2 is 0.662 bits per heavy atom. The number of nitrogens with zero attached hydrogens (tertiary/aromatic N) is 3. The summed E-state index contributed by atoms with van der Waals surface area (Å²) in [5.74, 6) is 15.3.